The molecule has 1 heteroatoms. The molecule has 1 aliphatic rings. The van der Waals surface area contributed by atoms with Gasteiger partial charge in [-0.05, 0) is 36.3 Å². The largest absolute Gasteiger partial charge is 0.0891 e. The molecular formula is C12H15Br. The Morgan fingerprint density at radius 1 is 1.31 bits per heavy atom. The van der Waals surface area contributed by atoms with E-state index < -0.39 is 0 Å². The number of alkyl halides is 1. The molecule has 1 aromatic rings. The van der Waals surface area contributed by atoms with E-state index in [1.807, 2.05) is 0 Å². The number of aryl methyl sites for hydroxylation is 1. The van der Waals surface area contributed by atoms with Crippen LogP contribution in [0, 0.1) is 5.92 Å². The van der Waals surface area contributed by atoms with Crippen molar-refractivity contribution in [3.05, 3.63) is 35.4 Å². The van der Waals surface area contributed by atoms with Crippen molar-refractivity contribution in [3.63, 3.8) is 0 Å². The first-order chi connectivity index (χ1) is 6.27. The average Bonchev–Trinajstić information content (AvgIpc) is 2.17. The Hall–Kier alpha value is -0.300. The van der Waals surface area contributed by atoms with Gasteiger partial charge in [0.1, 0.15) is 0 Å². The Morgan fingerprint density at radius 2 is 2.00 bits per heavy atom. The number of hydrogen-bond acceptors (Lipinski definition) is 0. The summed E-state index contributed by atoms with van der Waals surface area (Å²) in [4.78, 5) is 0.654. The fourth-order valence-corrected chi connectivity index (χ4v) is 2.57. The summed E-state index contributed by atoms with van der Waals surface area (Å²) in [6, 6.07) is 8.85. The predicted molar refractivity (Wildman–Crippen MR) is 60.3 cm³/mol. The highest BCUT2D eigenvalue weighted by molar-refractivity contribution is 9.09. The number of hydrogen-bond donors (Lipinski definition) is 0. The highest BCUT2D eigenvalue weighted by Crippen LogP contribution is 2.29. The van der Waals surface area contributed by atoms with E-state index in [0.29, 0.717) is 4.83 Å². The van der Waals surface area contributed by atoms with Gasteiger partial charge >= 0.3 is 0 Å². The zero-order valence-electron chi connectivity index (χ0n) is 7.96. The Morgan fingerprint density at radius 3 is 2.69 bits per heavy atom. The molecule has 2 atom stereocenters. The Balaban J connectivity index is 2.20. The van der Waals surface area contributed by atoms with Gasteiger partial charge < -0.3 is 0 Å². The molecule has 0 spiro atoms. The van der Waals surface area contributed by atoms with Gasteiger partial charge in [0.05, 0.1) is 0 Å². The minimum atomic E-state index is 0.654. The molecular weight excluding hydrogens is 224 g/mol. The summed E-state index contributed by atoms with van der Waals surface area (Å²) >= 11 is 3.69. The molecule has 0 aromatic heterocycles. The van der Waals surface area contributed by atoms with Gasteiger partial charge in [-0.2, -0.15) is 0 Å². The molecule has 0 bridgehead atoms. The maximum atomic E-state index is 3.69. The number of benzene rings is 1. The maximum Gasteiger partial charge on any atom is 0.0149 e. The van der Waals surface area contributed by atoms with Gasteiger partial charge in [0.15, 0.2) is 0 Å². The van der Waals surface area contributed by atoms with Crippen LogP contribution in [0.2, 0.25) is 0 Å². The van der Waals surface area contributed by atoms with Gasteiger partial charge in [-0.1, -0.05) is 47.1 Å². The van der Waals surface area contributed by atoms with E-state index in [1.165, 1.54) is 19.3 Å². The first kappa shape index (κ1) is 9.26. The molecule has 0 radical (unpaired) electrons. The lowest BCUT2D eigenvalue weighted by atomic mass is 9.83. The lowest BCUT2D eigenvalue weighted by Crippen LogP contribution is -2.20. The second-order valence-electron chi connectivity index (χ2n) is 3.95. The van der Waals surface area contributed by atoms with Crippen molar-refractivity contribution in [3.8, 4) is 0 Å². The molecule has 2 unspecified atom stereocenters. The van der Waals surface area contributed by atoms with Gasteiger partial charge in [0, 0.05) is 4.83 Å². The lowest BCUT2D eigenvalue weighted by molar-refractivity contribution is 0.460. The monoisotopic (exact) mass is 238 g/mol. The number of fused-ring (bicyclic) bond motifs is 1. The van der Waals surface area contributed by atoms with Gasteiger partial charge in [0.2, 0.25) is 0 Å². The molecule has 2 rings (SSSR count). The molecule has 0 heterocycles. The van der Waals surface area contributed by atoms with Crippen LogP contribution in [0.25, 0.3) is 0 Å². The van der Waals surface area contributed by atoms with Crippen molar-refractivity contribution in [1.82, 2.24) is 0 Å². The van der Waals surface area contributed by atoms with E-state index in [1.54, 1.807) is 11.1 Å². The van der Waals surface area contributed by atoms with Crippen molar-refractivity contribution in [2.24, 2.45) is 5.92 Å². The van der Waals surface area contributed by atoms with Crippen LogP contribution in [0.1, 0.15) is 24.5 Å². The van der Waals surface area contributed by atoms with Gasteiger partial charge in [-0.3, -0.25) is 0 Å². The third kappa shape index (κ3) is 1.96. The van der Waals surface area contributed by atoms with E-state index in [2.05, 4.69) is 47.1 Å². The lowest BCUT2D eigenvalue weighted by Gasteiger charge is -2.26. The maximum absolute atomic E-state index is 3.69. The first-order valence-electron chi connectivity index (χ1n) is 4.98. The third-order valence-corrected chi connectivity index (χ3v) is 3.78. The summed E-state index contributed by atoms with van der Waals surface area (Å²) in [7, 11) is 0. The smallest absolute Gasteiger partial charge is 0.0149 e. The van der Waals surface area contributed by atoms with Crippen molar-refractivity contribution in [1.29, 1.82) is 0 Å². The van der Waals surface area contributed by atoms with E-state index in [9.17, 15) is 0 Å². The normalized spacial score (nSPS) is 23.7. The average molecular weight is 239 g/mol. The van der Waals surface area contributed by atoms with Crippen LogP contribution >= 0.6 is 15.9 Å². The van der Waals surface area contributed by atoms with Crippen molar-refractivity contribution < 1.29 is 0 Å². The highest BCUT2D eigenvalue weighted by atomic mass is 79.9. The van der Waals surface area contributed by atoms with Crippen LogP contribution in [0.15, 0.2) is 24.3 Å². The molecule has 0 fully saturated rings. The fourth-order valence-electron chi connectivity index (χ4n) is 2.12. The predicted octanol–water partition coefficient (Wildman–Crippen LogP) is 3.57. The summed E-state index contributed by atoms with van der Waals surface area (Å²) in [6.45, 7) is 2.26. The van der Waals surface area contributed by atoms with E-state index in [0.717, 1.165) is 5.92 Å². The minimum Gasteiger partial charge on any atom is -0.0891 e. The fraction of sp³-hybridized carbons (Fsp3) is 0.500. The van der Waals surface area contributed by atoms with Gasteiger partial charge in [-0.15, -0.1) is 0 Å². The van der Waals surface area contributed by atoms with Crippen LogP contribution in [-0.2, 0) is 12.8 Å². The number of rotatable bonds is 1. The molecule has 0 aliphatic heterocycles. The summed E-state index contributed by atoms with van der Waals surface area (Å²) in [5.41, 5.74) is 3.12. The van der Waals surface area contributed by atoms with Gasteiger partial charge in [0.25, 0.3) is 0 Å². The van der Waals surface area contributed by atoms with E-state index >= 15 is 0 Å². The molecule has 0 saturated heterocycles. The zero-order chi connectivity index (χ0) is 9.26. The van der Waals surface area contributed by atoms with E-state index in [-0.39, 0.29) is 0 Å². The SMILES string of the molecule is CC(Br)C1CCc2ccccc2C1. The molecule has 1 aliphatic carbocycles. The minimum absolute atomic E-state index is 0.654. The van der Waals surface area contributed by atoms with Crippen LogP contribution in [0.4, 0.5) is 0 Å². The van der Waals surface area contributed by atoms with Crippen molar-refractivity contribution in [2.45, 2.75) is 31.0 Å². The Kier molecular flexibility index (Phi) is 2.73. The van der Waals surface area contributed by atoms with Crippen LogP contribution < -0.4 is 0 Å². The van der Waals surface area contributed by atoms with Crippen LogP contribution in [0.5, 0.6) is 0 Å². The molecule has 70 valence electrons. The van der Waals surface area contributed by atoms with Crippen LogP contribution in [-0.4, -0.2) is 4.83 Å². The molecule has 0 amide bonds. The quantitative estimate of drug-likeness (QED) is 0.657. The summed E-state index contributed by atoms with van der Waals surface area (Å²) in [5, 5.41) is 0. The second-order valence-corrected chi connectivity index (χ2v) is 5.39. The van der Waals surface area contributed by atoms with Crippen LogP contribution in [0.3, 0.4) is 0 Å². The summed E-state index contributed by atoms with van der Waals surface area (Å²) in [5.74, 6) is 0.829. The highest BCUT2D eigenvalue weighted by Gasteiger charge is 2.21. The van der Waals surface area contributed by atoms with Gasteiger partial charge in [-0.25, -0.2) is 0 Å². The summed E-state index contributed by atoms with van der Waals surface area (Å²) in [6.07, 6.45) is 3.85. The first-order valence-corrected chi connectivity index (χ1v) is 5.90. The second kappa shape index (κ2) is 3.83. The van der Waals surface area contributed by atoms with Crippen molar-refractivity contribution in [2.75, 3.05) is 0 Å². The Labute approximate surface area is 88.5 Å². The molecule has 0 nitrogen and oxygen atoms in total. The standard InChI is InChI=1S/C12H15Br/c1-9(13)11-7-6-10-4-2-3-5-12(10)8-11/h2-5,9,11H,6-8H2,1H3. The topological polar surface area (TPSA) is 0 Å². The zero-order valence-corrected chi connectivity index (χ0v) is 9.55. The summed E-state index contributed by atoms with van der Waals surface area (Å²) < 4.78 is 0. The molecule has 0 N–H and O–H groups in total. The van der Waals surface area contributed by atoms with Crippen molar-refractivity contribution >= 4 is 15.9 Å². The Bertz CT molecular complexity index is 291. The molecule has 0 saturated carbocycles. The molecule has 1 aromatic carbocycles. The third-order valence-electron chi connectivity index (χ3n) is 3.03. The van der Waals surface area contributed by atoms with E-state index in [4.69, 9.17) is 0 Å². The number of halogens is 1. The molecule has 13 heavy (non-hydrogen) atoms.